The largest absolute Gasteiger partial charge is 0.481 e. The second-order valence-corrected chi connectivity index (χ2v) is 11.8. The molecule has 43 heavy (non-hydrogen) atoms. The van der Waals surface area contributed by atoms with E-state index in [-0.39, 0.29) is 68.7 Å². The van der Waals surface area contributed by atoms with E-state index < -0.39 is 35.6 Å². The minimum atomic E-state index is -1.04. The first-order valence-corrected chi connectivity index (χ1v) is 14.9. The van der Waals surface area contributed by atoms with Crippen LogP contribution in [0, 0.1) is 17.3 Å². The van der Waals surface area contributed by atoms with Gasteiger partial charge in [-0.3, -0.25) is 33.6 Å². The average molecular weight is 608 g/mol. The number of imide groups is 1. The number of nitrogens with one attached hydrogen (secondary N) is 1. The van der Waals surface area contributed by atoms with Crippen molar-refractivity contribution in [1.82, 2.24) is 15.3 Å². The summed E-state index contributed by atoms with van der Waals surface area (Å²) in [7, 11) is 0. The van der Waals surface area contributed by atoms with Crippen molar-refractivity contribution in [3.8, 4) is 0 Å². The molecule has 0 aromatic carbocycles. The molecule has 2 bridgehead atoms. The second-order valence-electron chi connectivity index (χ2n) is 11.8. The molecule has 3 saturated heterocycles. The zero-order chi connectivity index (χ0) is 31.0. The molecule has 0 radical (unpaired) electrons. The summed E-state index contributed by atoms with van der Waals surface area (Å²) in [4.78, 5) is 79.0. The highest BCUT2D eigenvalue weighted by atomic mass is 16.7. The Morgan fingerprint density at radius 2 is 1.65 bits per heavy atom. The van der Waals surface area contributed by atoms with E-state index in [9.17, 15) is 28.8 Å². The Morgan fingerprint density at radius 3 is 2.30 bits per heavy atom. The molecule has 14 heteroatoms. The molecule has 4 rings (SSSR count). The molecule has 4 heterocycles. The van der Waals surface area contributed by atoms with Crippen LogP contribution in [0.15, 0.2) is 12.2 Å². The summed E-state index contributed by atoms with van der Waals surface area (Å²) in [5.74, 6) is -3.63. The molecule has 0 aromatic rings. The quantitative estimate of drug-likeness (QED) is 0.102. The predicted molar refractivity (Wildman–Crippen MR) is 147 cm³/mol. The van der Waals surface area contributed by atoms with Crippen molar-refractivity contribution in [2.75, 3.05) is 46.1 Å². The van der Waals surface area contributed by atoms with Gasteiger partial charge in [0.2, 0.25) is 11.8 Å². The first-order chi connectivity index (χ1) is 20.6. The number of carboxylic acids is 1. The lowest BCUT2D eigenvalue weighted by molar-refractivity contribution is -0.195. The number of unbranched alkanes of at least 4 members (excludes halogenated alkanes) is 2. The van der Waals surface area contributed by atoms with Gasteiger partial charge in [0, 0.05) is 31.5 Å². The molecule has 2 N–H and O–H groups in total. The van der Waals surface area contributed by atoms with Crippen molar-refractivity contribution < 1.29 is 52.9 Å². The van der Waals surface area contributed by atoms with Crippen LogP contribution in [0.5, 0.6) is 0 Å². The maximum Gasteiger partial charge on any atom is 0.306 e. The number of likely N-dealkylation sites (tertiary alicyclic amines) is 1. The number of carboxylic acid groups (broad SMARTS) is 1. The second kappa shape index (κ2) is 14.9. The van der Waals surface area contributed by atoms with Gasteiger partial charge < -0.3 is 29.5 Å². The van der Waals surface area contributed by atoms with E-state index in [0.29, 0.717) is 45.3 Å². The molecular formula is C29H41N3O11. The third kappa shape index (κ3) is 8.61. The predicted octanol–water partition coefficient (Wildman–Crippen LogP) is 0.586. The van der Waals surface area contributed by atoms with Crippen LogP contribution >= 0.6 is 0 Å². The number of esters is 1. The normalized spacial score (nSPS) is 25.2. The van der Waals surface area contributed by atoms with Crippen LogP contribution in [-0.4, -0.2) is 109 Å². The zero-order valence-electron chi connectivity index (χ0n) is 24.5. The fraction of sp³-hybridized carbons (Fsp3) is 0.724. The van der Waals surface area contributed by atoms with Gasteiger partial charge in [-0.1, -0.05) is 25.5 Å². The molecule has 4 amide bonds. The lowest BCUT2D eigenvalue weighted by Crippen LogP contribution is -2.44. The van der Waals surface area contributed by atoms with Gasteiger partial charge in [-0.15, -0.1) is 0 Å². The molecule has 0 aromatic heterocycles. The number of hydrogen-bond donors (Lipinski definition) is 2. The van der Waals surface area contributed by atoms with E-state index >= 15 is 0 Å². The molecule has 3 fully saturated rings. The Morgan fingerprint density at radius 1 is 0.977 bits per heavy atom. The number of hydrogen-bond acceptors (Lipinski definition) is 10. The van der Waals surface area contributed by atoms with Gasteiger partial charge in [-0.05, 0) is 25.7 Å². The Balaban J connectivity index is 0.971. The van der Waals surface area contributed by atoms with Gasteiger partial charge in [0.25, 0.3) is 11.8 Å². The SMILES string of the molecule is CC1(COC(=O)CCC(=O)O)CCN(C(=O)CCCCCNC(=O)COCCON2C(=O)C3C4C=CC(O4)C3C2=O)CC1. The van der Waals surface area contributed by atoms with E-state index in [4.69, 9.17) is 24.2 Å². The highest BCUT2D eigenvalue weighted by Crippen LogP contribution is 2.45. The molecule has 0 spiro atoms. The van der Waals surface area contributed by atoms with Crippen LogP contribution < -0.4 is 5.32 Å². The van der Waals surface area contributed by atoms with Crippen LogP contribution in [0.2, 0.25) is 0 Å². The molecule has 4 aliphatic heterocycles. The standard InChI is InChI=1S/C29H41N3O11/c1-29(18-41-24(37)9-8-23(35)36)10-13-31(14-11-29)22(34)5-3-2-4-12-30-21(33)17-40-15-16-42-32-27(38)25-19-6-7-20(43-19)26(25)28(32)39/h6-7,19-20,25-26H,2-5,8-18H2,1H3,(H,30,33)(H,35,36). The minimum Gasteiger partial charge on any atom is -0.481 e. The maximum absolute atomic E-state index is 12.6. The van der Waals surface area contributed by atoms with Gasteiger partial charge in [0.15, 0.2) is 0 Å². The monoisotopic (exact) mass is 607 g/mol. The fourth-order valence-electron chi connectivity index (χ4n) is 5.75. The highest BCUT2D eigenvalue weighted by molar-refractivity contribution is 6.05. The third-order valence-electron chi connectivity index (χ3n) is 8.39. The topological polar surface area (TPSA) is 178 Å². The van der Waals surface area contributed by atoms with Crippen LogP contribution in [0.3, 0.4) is 0 Å². The molecule has 14 nitrogen and oxygen atoms in total. The van der Waals surface area contributed by atoms with Crippen molar-refractivity contribution in [2.24, 2.45) is 17.3 Å². The first-order valence-electron chi connectivity index (χ1n) is 14.9. The summed E-state index contributed by atoms with van der Waals surface area (Å²) in [5, 5.41) is 12.2. The Bertz CT molecular complexity index is 1070. The summed E-state index contributed by atoms with van der Waals surface area (Å²) >= 11 is 0. The van der Waals surface area contributed by atoms with Crippen molar-refractivity contribution in [3.05, 3.63) is 12.2 Å². The molecule has 238 valence electrons. The van der Waals surface area contributed by atoms with Crippen molar-refractivity contribution in [3.63, 3.8) is 0 Å². The Kier molecular flexibility index (Phi) is 11.3. The van der Waals surface area contributed by atoms with E-state index in [1.54, 1.807) is 12.2 Å². The van der Waals surface area contributed by atoms with E-state index in [0.717, 1.165) is 17.9 Å². The highest BCUT2D eigenvalue weighted by Gasteiger charge is 2.61. The van der Waals surface area contributed by atoms with Crippen molar-refractivity contribution in [2.45, 2.75) is 70.5 Å². The van der Waals surface area contributed by atoms with Crippen molar-refractivity contribution >= 4 is 35.6 Å². The lowest BCUT2D eigenvalue weighted by atomic mass is 9.81. The summed E-state index contributed by atoms with van der Waals surface area (Å²) in [5.41, 5.74) is -0.233. The lowest BCUT2D eigenvalue weighted by Gasteiger charge is -2.39. The van der Waals surface area contributed by atoms with Gasteiger partial charge >= 0.3 is 11.9 Å². The molecule has 4 aliphatic rings. The number of nitrogens with zero attached hydrogens (tertiary/aromatic N) is 2. The number of carbonyl (C=O) groups excluding carboxylic acids is 5. The molecule has 4 atom stereocenters. The summed E-state index contributed by atoms with van der Waals surface area (Å²) in [6, 6.07) is 0. The van der Waals surface area contributed by atoms with Crippen LogP contribution in [0.25, 0.3) is 0 Å². The first kappa shape index (κ1) is 32.6. The van der Waals surface area contributed by atoms with Crippen LogP contribution in [0.1, 0.15) is 58.3 Å². The maximum atomic E-state index is 12.6. The van der Waals surface area contributed by atoms with E-state index in [1.165, 1.54) is 0 Å². The molecule has 4 unspecified atom stereocenters. The summed E-state index contributed by atoms with van der Waals surface area (Å²) in [6.07, 6.45) is 6.48. The van der Waals surface area contributed by atoms with Gasteiger partial charge in [0.05, 0.1) is 56.7 Å². The Labute approximate surface area is 249 Å². The average Bonchev–Trinajstić information content (AvgIpc) is 3.67. The van der Waals surface area contributed by atoms with Crippen LogP contribution in [-0.2, 0) is 47.8 Å². The van der Waals surface area contributed by atoms with Gasteiger partial charge in [-0.25, -0.2) is 0 Å². The van der Waals surface area contributed by atoms with Crippen LogP contribution in [0.4, 0.5) is 0 Å². The summed E-state index contributed by atoms with van der Waals surface area (Å²) < 4.78 is 16.1. The van der Waals surface area contributed by atoms with E-state index in [2.05, 4.69) is 5.32 Å². The zero-order valence-corrected chi connectivity index (χ0v) is 24.5. The number of hydroxylamine groups is 2. The number of aliphatic carboxylic acids is 1. The number of fused-ring (bicyclic) bond motifs is 5. The smallest absolute Gasteiger partial charge is 0.306 e. The van der Waals surface area contributed by atoms with Crippen molar-refractivity contribution in [1.29, 1.82) is 0 Å². The number of ether oxygens (including phenoxy) is 3. The molecule has 0 aliphatic carbocycles. The van der Waals surface area contributed by atoms with Gasteiger partial charge in [-0.2, -0.15) is 5.06 Å². The number of amides is 4. The minimum absolute atomic E-state index is 0.0388. The summed E-state index contributed by atoms with van der Waals surface area (Å²) in [6.45, 7) is 3.67. The van der Waals surface area contributed by atoms with E-state index in [1.807, 2.05) is 11.8 Å². The number of rotatable bonds is 17. The van der Waals surface area contributed by atoms with Gasteiger partial charge in [0.1, 0.15) is 6.61 Å². The molecular weight excluding hydrogens is 566 g/mol. The Hall–Kier alpha value is -3.36. The molecule has 0 saturated carbocycles. The third-order valence-corrected chi connectivity index (χ3v) is 8.39. The fourth-order valence-corrected chi connectivity index (χ4v) is 5.75. The number of piperidine rings is 1. The number of carbonyl (C=O) groups is 6.